The molecule has 2 aromatic carbocycles. The lowest BCUT2D eigenvalue weighted by molar-refractivity contribution is -0.123. The summed E-state index contributed by atoms with van der Waals surface area (Å²) in [7, 11) is 4.59. The van der Waals surface area contributed by atoms with Gasteiger partial charge in [-0.2, -0.15) is 0 Å². The van der Waals surface area contributed by atoms with E-state index in [4.69, 9.17) is 14.2 Å². The zero-order valence-corrected chi connectivity index (χ0v) is 17.0. The van der Waals surface area contributed by atoms with Crippen molar-refractivity contribution in [3.05, 3.63) is 58.0 Å². The topological polar surface area (TPSA) is 65.1 Å². The number of aryl methyl sites for hydroxylation is 1. The Bertz CT molecular complexity index is 911. The van der Waals surface area contributed by atoms with Gasteiger partial charge in [-0.05, 0) is 30.3 Å². The van der Waals surface area contributed by atoms with Crippen molar-refractivity contribution in [3.8, 4) is 17.2 Å². The summed E-state index contributed by atoms with van der Waals surface area (Å²) in [6, 6.07) is 11.1. The standard InChI is InChI=1S/C21H21NO5S/c1-13-5-7-14(8-6-13)12-22-20(23)19(28-21(22)24)11-16-17(26-3)9-15(25-2)10-18(16)27-4/h5-11H,12H2,1-4H3. The molecular formula is C21H21NO5S. The SMILES string of the molecule is COc1cc(OC)c(C=C2SC(=O)N(Cc3ccc(C)cc3)C2=O)c(OC)c1. The Hall–Kier alpha value is -2.93. The lowest BCUT2D eigenvalue weighted by Gasteiger charge is -2.14. The lowest BCUT2D eigenvalue weighted by atomic mass is 10.1. The molecule has 1 aliphatic heterocycles. The highest BCUT2D eigenvalue weighted by Crippen LogP contribution is 2.40. The van der Waals surface area contributed by atoms with E-state index in [-0.39, 0.29) is 17.7 Å². The number of ether oxygens (including phenoxy) is 3. The van der Waals surface area contributed by atoms with E-state index in [9.17, 15) is 9.59 Å². The van der Waals surface area contributed by atoms with Crippen molar-refractivity contribution in [1.82, 2.24) is 4.90 Å². The van der Waals surface area contributed by atoms with Gasteiger partial charge in [0.2, 0.25) is 0 Å². The highest BCUT2D eigenvalue weighted by molar-refractivity contribution is 8.18. The van der Waals surface area contributed by atoms with Crippen LogP contribution in [-0.2, 0) is 11.3 Å². The predicted octanol–water partition coefficient (Wildman–Crippen LogP) is 4.26. The van der Waals surface area contributed by atoms with Crippen LogP contribution < -0.4 is 14.2 Å². The van der Waals surface area contributed by atoms with Crippen LogP contribution in [0.2, 0.25) is 0 Å². The zero-order valence-electron chi connectivity index (χ0n) is 16.1. The molecule has 6 nitrogen and oxygen atoms in total. The number of thioether (sulfide) groups is 1. The van der Waals surface area contributed by atoms with Crippen LogP contribution in [0.5, 0.6) is 17.2 Å². The second-order valence-corrected chi connectivity index (χ2v) is 7.19. The van der Waals surface area contributed by atoms with Crippen molar-refractivity contribution < 1.29 is 23.8 Å². The normalized spacial score (nSPS) is 15.3. The Morgan fingerprint density at radius 3 is 2.11 bits per heavy atom. The minimum atomic E-state index is -0.338. The first kappa shape index (κ1) is 19.8. The molecule has 146 valence electrons. The summed E-state index contributed by atoms with van der Waals surface area (Å²) in [6.45, 7) is 2.22. The molecule has 2 aromatic rings. The molecule has 1 fully saturated rings. The minimum Gasteiger partial charge on any atom is -0.496 e. The number of carbonyl (C=O) groups excluding carboxylic acids is 2. The van der Waals surface area contributed by atoms with E-state index < -0.39 is 0 Å². The average molecular weight is 399 g/mol. The van der Waals surface area contributed by atoms with Crippen molar-refractivity contribution in [2.75, 3.05) is 21.3 Å². The number of methoxy groups -OCH3 is 3. The fourth-order valence-corrected chi connectivity index (χ4v) is 3.64. The quantitative estimate of drug-likeness (QED) is 0.677. The molecule has 2 amide bonds. The van der Waals surface area contributed by atoms with Crippen molar-refractivity contribution >= 4 is 29.0 Å². The number of hydrogen-bond acceptors (Lipinski definition) is 6. The fraction of sp³-hybridized carbons (Fsp3) is 0.238. The maximum Gasteiger partial charge on any atom is 0.293 e. The maximum atomic E-state index is 12.8. The fourth-order valence-electron chi connectivity index (χ4n) is 2.82. The van der Waals surface area contributed by atoms with Gasteiger partial charge in [0.05, 0.1) is 38.3 Å². The second-order valence-electron chi connectivity index (χ2n) is 6.20. The third kappa shape index (κ3) is 3.99. The molecule has 3 rings (SSSR count). The molecule has 1 saturated heterocycles. The largest absolute Gasteiger partial charge is 0.496 e. The Kier molecular flexibility index (Phi) is 5.94. The molecule has 0 aromatic heterocycles. The van der Waals surface area contributed by atoms with Gasteiger partial charge in [0, 0.05) is 12.1 Å². The molecule has 0 unspecified atom stereocenters. The van der Waals surface area contributed by atoms with Gasteiger partial charge < -0.3 is 14.2 Å². The molecule has 7 heteroatoms. The Balaban J connectivity index is 1.92. The smallest absolute Gasteiger partial charge is 0.293 e. The molecule has 1 heterocycles. The number of imide groups is 1. The van der Waals surface area contributed by atoms with Crippen molar-refractivity contribution in [1.29, 1.82) is 0 Å². The summed E-state index contributed by atoms with van der Waals surface area (Å²) < 4.78 is 16.1. The first-order chi connectivity index (χ1) is 13.5. The number of hydrogen-bond donors (Lipinski definition) is 0. The van der Waals surface area contributed by atoms with Crippen LogP contribution in [-0.4, -0.2) is 37.4 Å². The molecule has 28 heavy (non-hydrogen) atoms. The van der Waals surface area contributed by atoms with Crippen molar-refractivity contribution in [3.63, 3.8) is 0 Å². The molecular weight excluding hydrogens is 378 g/mol. The first-order valence-electron chi connectivity index (χ1n) is 8.57. The Labute approximate surface area is 168 Å². The van der Waals surface area contributed by atoms with Crippen LogP contribution in [0.3, 0.4) is 0 Å². The van der Waals surface area contributed by atoms with Gasteiger partial charge in [0.25, 0.3) is 11.1 Å². The lowest BCUT2D eigenvalue weighted by Crippen LogP contribution is -2.27. The molecule has 0 atom stereocenters. The Morgan fingerprint density at radius 1 is 0.964 bits per heavy atom. The number of amides is 2. The predicted molar refractivity (Wildman–Crippen MR) is 109 cm³/mol. The van der Waals surface area contributed by atoms with E-state index in [2.05, 4.69) is 0 Å². The number of nitrogens with zero attached hydrogens (tertiary/aromatic N) is 1. The van der Waals surface area contributed by atoms with E-state index in [1.165, 1.54) is 19.1 Å². The molecule has 1 aliphatic rings. The maximum absolute atomic E-state index is 12.8. The highest BCUT2D eigenvalue weighted by Gasteiger charge is 2.35. The summed E-state index contributed by atoms with van der Waals surface area (Å²) in [6.07, 6.45) is 1.62. The molecule has 0 aliphatic carbocycles. The third-order valence-electron chi connectivity index (χ3n) is 4.36. The summed E-state index contributed by atoms with van der Waals surface area (Å²) in [5, 5.41) is -0.303. The van der Waals surface area contributed by atoms with E-state index in [1.807, 2.05) is 31.2 Å². The second kappa shape index (κ2) is 8.39. The van der Waals surface area contributed by atoms with E-state index in [0.717, 1.165) is 22.9 Å². The summed E-state index contributed by atoms with van der Waals surface area (Å²) in [5.41, 5.74) is 2.59. The van der Waals surface area contributed by atoms with E-state index in [1.54, 1.807) is 25.3 Å². The molecule has 0 bridgehead atoms. The van der Waals surface area contributed by atoms with Crippen LogP contribution in [0.4, 0.5) is 4.79 Å². The van der Waals surface area contributed by atoms with Crippen molar-refractivity contribution in [2.45, 2.75) is 13.5 Å². The van der Waals surface area contributed by atoms with Gasteiger partial charge in [-0.15, -0.1) is 0 Å². The number of benzene rings is 2. The first-order valence-corrected chi connectivity index (χ1v) is 9.39. The highest BCUT2D eigenvalue weighted by atomic mass is 32.2. The van der Waals surface area contributed by atoms with Gasteiger partial charge in [0.15, 0.2) is 0 Å². The monoisotopic (exact) mass is 399 g/mol. The Morgan fingerprint density at radius 2 is 1.57 bits per heavy atom. The van der Waals surface area contributed by atoms with Gasteiger partial charge in [-0.25, -0.2) is 0 Å². The summed E-state index contributed by atoms with van der Waals surface area (Å²) in [5.74, 6) is 1.21. The average Bonchev–Trinajstić information content (AvgIpc) is 2.97. The summed E-state index contributed by atoms with van der Waals surface area (Å²) >= 11 is 0.904. The van der Waals surface area contributed by atoms with E-state index >= 15 is 0 Å². The molecule has 0 saturated carbocycles. The zero-order chi connectivity index (χ0) is 20.3. The van der Waals surface area contributed by atoms with Gasteiger partial charge in [0.1, 0.15) is 17.2 Å². The van der Waals surface area contributed by atoms with Crippen LogP contribution >= 0.6 is 11.8 Å². The third-order valence-corrected chi connectivity index (χ3v) is 5.27. The van der Waals surface area contributed by atoms with E-state index in [0.29, 0.717) is 27.7 Å². The molecule has 0 N–H and O–H groups in total. The van der Waals surface area contributed by atoms with Gasteiger partial charge >= 0.3 is 0 Å². The van der Waals surface area contributed by atoms with Crippen molar-refractivity contribution in [2.24, 2.45) is 0 Å². The molecule has 0 spiro atoms. The summed E-state index contributed by atoms with van der Waals surface area (Å²) in [4.78, 5) is 26.8. The van der Waals surface area contributed by atoms with Crippen LogP contribution in [0.1, 0.15) is 16.7 Å². The van der Waals surface area contributed by atoms with Crippen LogP contribution in [0.15, 0.2) is 41.3 Å². The number of rotatable bonds is 6. The minimum absolute atomic E-state index is 0.235. The number of carbonyl (C=O) groups is 2. The van der Waals surface area contributed by atoms with Gasteiger partial charge in [-0.3, -0.25) is 14.5 Å². The van der Waals surface area contributed by atoms with Crippen LogP contribution in [0, 0.1) is 6.92 Å². The van der Waals surface area contributed by atoms with Crippen LogP contribution in [0.25, 0.3) is 6.08 Å². The molecule has 0 radical (unpaired) electrons. The van der Waals surface area contributed by atoms with Gasteiger partial charge in [-0.1, -0.05) is 29.8 Å².